The summed E-state index contributed by atoms with van der Waals surface area (Å²) in [6.07, 6.45) is 4.11. The Morgan fingerprint density at radius 1 is 0.692 bits per heavy atom. The largest absolute Gasteiger partial charge is 0.0622 e. The summed E-state index contributed by atoms with van der Waals surface area (Å²) in [4.78, 5) is 0. The highest BCUT2D eigenvalue weighted by molar-refractivity contribution is 7.73. The summed E-state index contributed by atoms with van der Waals surface area (Å²) in [6, 6.07) is 33.7. The van der Waals surface area contributed by atoms with E-state index in [9.17, 15) is 0 Å². The molecule has 0 amide bonds. The number of rotatable bonds is 5. The van der Waals surface area contributed by atoms with Crippen LogP contribution in [-0.4, -0.2) is 0 Å². The summed E-state index contributed by atoms with van der Waals surface area (Å²) in [5.74, 6) is 1.57. The zero-order valence-corrected chi connectivity index (χ0v) is 16.4. The normalized spacial score (nSPS) is 21.0. The van der Waals surface area contributed by atoms with Gasteiger partial charge in [-0.05, 0) is 42.4 Å². The van der Waals surface area contributed by atoms with Gasteiger partial charge in [0.05, 0.1) is 0 Å². The highest BCUT2D eigenvalue weighted by Gasteiger charge is 2.37. The Labute approximate surface area is 159 Å². The molecule has 0 N–H and O–H groups in total. The molecular weight excluding hydrogens is 331 g/mol. The van der Waals surface area contributed by atoms with Crippen molar-refractivity contribution in [1.82, 2.24) is 0 Å². The van der Waals surface area contributed by atoms with Crippen LogP contribution in [-0.2, 0) is 0 Å². The Morgan fingerprint density at radius 2 is 1.19 bits per heavy atom. The molecule has 3 atom stereocenters. The van der Waals surface area contributed by atoms with Crippen molar-refractivity contribution < 1.29 is 0 Å². The summed E-state index contributed by atoms with van der Waals surface area (Å²) in [5.41, 5.74) is 2.11. The molecule has 0 aliphatic heterocycles. The highest BCUT2D eigenvalue weighted by atomic mass is 31.1. The van der Waals surface area contributed by atoms with Gasteiger partial charge in [-0.15, -0.1) is 0 Å². The monoisotopic (exact) mass is 358 g/mol. The van der Waals surface area contributed by atoms with Crippen molar-refractivity contribution in [2.24, 2.45) is 11.8 Å². The second-order valence-electron chi connectivity index (χ2n) is 7.47. The third kappa shape index (κ3) is 3.62. The molecular formula is C25H27P. The lowest BCUT2D eigenvalue weighted by molar-refractivity contribution is 0.407. The Hall–Kier alpha value is -1.91. The van der Waals surface area contributed by atoms with Crippen molar-refractivity contribution in [2.75, 3.05) is 0 Å². The van der Waals surface area contributed by atoms with Crippen LogP contribution < -0.4 is 10.6 Å². The Balaban J connectivity index is 1.86. The van der Waals surface area contributed by atoms with Gasteiger partial charge < -0.3 is 0 Å². The van der Waals surface area contributed by atoms with Crippen LogP contribution in [0.5, 0.6) is 0 Å². The van der Waals surface area contributed by atoms with E-state index < -0.39 is 7.92 Å². The summed E-state index contributed by atoms with van der Waals surface area (Å²) in [6.45, 7) is 2.47. The van der Waals surface area contributed by atoms with Crippen LogP contribution in [0.25, 0.3) is 0 Å². The molecule has 132 valence electrons. The fourth-order valence-corrected chi connectivity index (χ4v) is 7.75. The fraction of sp³-hybridized carbons (Fsp3) is 0.280. The zero-order valence-electron chi connectivity index (χ0n) is 15.5. The first kappa shape index (κ1) is 17.5. The molecule has 1 saturated carbocycles. The molecule has 26 heavy (non-hydrogen) atoms. The van der Waals surface area contributed by atoms with Crippen LogP contribution in [0.3, 0.4) is 0 Å². The minimum atomic E-state index is -0.428. The maximum absolute atomic E-state index is 2.47. The summed E-state index contributed by atoms with van der Waals surface area (Å²) < 4.78 is 0. The quantitative estimate of drug-likeness (QED) is 0.470. The second kappa shape index (κ2) is 8.19. The Bertz CT molecular complexity index is 758. The molecule has 1 heteroatoms. The van der Waals surface area contributed by atoms with Crippen molar-refractivity contribution in [3.05, 3.63) is 96.6 Å². The van der Waals surface area contributed by atoms with Crippen LogP contribution in [0.4, 0.5) is 0 Å². The maximum atomic E-state index is 2.47. The molecule has 0 bridgehead atoms. The number of hydrogen-bond acceptors (Lipinski definition) is 0. The third-order valence-corrected chi connectivity index (χ3v) is 8.77. The van der Waals surface area contributed by atoms with Gasteiger partial charge in [0.25, 0.3) is 0 Å². The minimum Gasteiger partial charge on any atom is -0.0622 e. The van der Waals surface area contributed by atoms with E-state index in [1.54, 1.807) is 0 Å². The molecule has 0 nitrogen and oxygen atoms in total. The molecule has 0 spiro atoms. The molecule has 1 aliphatic rings. The van der Waals surface area contributed by atoms with Crippen molar-refractivity contribution in [3.63, 3.8) is 0 Å². The van der Waals surface area contributed by atoms with E-state index in [4.69, 9.17) is 0 Å². The molecule has 0 aromatic heterocycles. The lowest BCUT2D eigenvalue weighted by Gasteiger charge is -2.35. The van der Waals surface area contributed by atoms with Gasteiger partial charge in [-0.3, -0.25) is 0 Å². The average molecular weight is 358 g/mol. The van der Waals surface area contributed by atoms with Crippen molar-refractivity contribution in [1.29, 1.82) is 0 Å². The molecule has 3 aromatic rings. The molecule has 3 aromatic carbocycles. The average Bonchev–Trinajstić information content (AvgIpc) is 3.13. The molecule has 0 radical (unpaired) electrons. The maximum Gasteiger partial charge on any atom is 0.0153 e. The number of benzene rings is 3. The van der Waals surface area contributed by atoms with E-state index in [1.807, 2.05) is 0 Å². The van der Waals surface area contributed by atoms with Crippen LogP contribution >= 0.6 is 7.92 Å². The minimum absolute atomic E-state index is 0.428. The highest BCUT2D eigenvalue weighted by Crippen LogP contribution is 2.58. The number of hydrogen-bond donors (Lipinski definition) is 0. The summed E-state index contributed by atoms with van der Waals surface area (Å²) >= 11 is 0. The third-order valence-electron chi connectivity index (χ3n) is 5.82. The van der Waals surface area contributed by atoms with E-state index >= 15 is 0 Å². The van der Waals surface area contributed by atoms with Crippen molar-refractivity contribution in [2.45, 2.75) is 31.8 Å². The standard InChI is InChI=1S/C25H27P/c1-20-12-11-19-24(20)25(21-13-5-2-6-14-21)26(22-15-7-3-8-16-22)23-17-9-4-10-18-23/h2-10,13-18,20,24-25H,11-12,19H2,1H3. The lowest BCUT2D eigenvalue weighted by Crippen LogP contribution is -2.24. The Kier molecular flexibility index (Phi) is 5.51. The predicted octanol–water partition coefficient (Wildman–Crippen LogP) is 6.30. The van der Waals surface area contributed by atoms with Crippen LogP contribution in [0.1, 0.15) is 37.4 Å². The molecule has 1 aliphatic carbocycles. The predicted molar refractivity (Wildman–Crippen MR) is 115 cm³/mol. The van der Waals surface area contributed by atoms with Crippen molar-refractivity contribution in [3.8, 4) is 0 Å². The van der Waals surface area contributed by atoms with E-state index in [0.29, 0.717) is 5.66 Å². The first-order valence-electron chi connectivity index (χ1n) is 9.79. The van der Waals surface area contributed by atoms with E-state index in [0.717, 1.165) is 11.8 Å². The summed E-state index contributed by atoms with van der Waals surface area (Å²) in [5, 5.41) is 3.00. The van der Waals surface area contributed by atoms with E-state index in [-0.39, 0.29) is 0 Å². The van der Waals surface area contributed by atoms with Crippen LogP contribution in [0, 0.1) is 11.8 Å². The summed E-state index contributed by atoms with van der Waals surface area (Å²) in [7, 11) is -0.428. The SMILES string of the molecule is CC1CCCC1C(c1ccccc1)P(c1ccccc1)c1ccccc1. The molecule has 0 saturated heterocycles. The molecule has 1 fully saturated rings. The smallest absolute Gasteiger partial charge is 0.0153 e. The Morgan fingerprint density at radius 3 is 1.65 bits per heavy atom. The van der Waals surface area contributed by atoms with Gasteiger partial charge in [0.1, 0.15) is 0 Å². The van der Waals surface area contributed by atoms with E-state index in [1.165, 1.54) is 35.4 Å². The lowest BCUT2D eigenvalue weighted by atomic mass is 9.90. The fourth-order valence-electron chi connectivity index (χ4n) is 4.53. The second-order valence-corrected chi connectivity index (χ2v) is 9.80. The molecule has 4 rings (SSSR count). The van der Waals surface area contributed by atoms with Gasteiger partial charge >= 0.3 is 0 Å². The van der Waals surface area contributed by atoms with Crippen molar-refractivity contribution >= 4 is 18.5 Å². The molecule has 3 unspecified atom stereocenters. The van der Waals surface area contributed by atoms with Crippen LogP contribution in [0.15, 0.2) is 91.0 Å². The van der Waals surface area contributed by atoms with Gasteiger partial charge in [0.2, 0.25) is 0 Å². The van der Waals surface area contributed by atoms with Gasteiger partial charge in [0, 0.05) is 5.66 Å². The van der Waals surface area contributed by atoms with Gasteiger partial charge in [-0.2, -0.15) is 0 Å². The molecule has 0 heterocycles. The van der Waals surface area contributed by atoms with Gasteiger partial charge in [-0.1, -0.05) is 111 Å². The van der Waals surface area contributed by atoms with Gasteiger partial charge in [0.15, 0.2) is 0 Å². The van der Waals surface area contributed by atoms with Crippen LogP contribution in [0.2, 0.25) is 0 Å². The van der Waals surface area contributed by atoms with E-state index in [2.05, 4.69) is 97.9 Å². The topological polar surface area (TPSA) is 0 Å². The first-order chi connectivity index (χ1) is 12.8. The zero-order chi connectivity index (χ0) is 17.8. The van der Waals surface area contributed by atoms with Gasteiger partial charge in [-0.25, -0.2) is 0 Å². The first-order valence-corrected chi connectivity index (χ1v) is 11.2.